The van der Waals surface area contributed by atoms with E-state index in [2.05, 4.69) is 30.5 Å². The summed E-state index contributed by atoms with van der Waals surface area (Å²) in [5.41, 5.74) is 6.85. The van der Waals surface area contributed by atoms with Gasteiger partial charge >= 0.3 is 0 Å². The molecule has 3 atom stereocenters. The van der Waals surface area contributed by atoms with E-state index >= 15 is 0 Å². The minimum Gasteiger partial charge on any atom is -0.375 e. The molecule has 116 valence electrons. The summed E-state index contributed by atoms with van der Waals surface area (Å²) in [4.78, 5) is 2.78. The first-order valence-corrected chi connectivity index (χ1v) is 9.42. The maximum absolute atomic E-state index is 6.37. The van der Waals surface area contributed by atoms with Crippen molar-refractivity contribution in [2.45, 2.75) is 63.6 Å². The van der Waals surface area contributed by atoms with E-state index in [0.29, 0.717) is 17.6 Å². The Morgan fingerprint density at radius 1 is 1.30 bits per heavy atom. The van der Waals surface area contributed by atoms with Gasteiger partial charge in [0.2, 0.25) is 0 Å². The number of fused-ring (bicyclic) bond motifs is 1. The third-order valence-electron chi connectivity index (χ3n) is 6.09. The Hall–Kier alpha value is 0.230. The Morgan fingerprint density at radius 3 is 2.85 bits per heavy atom. The maximum atomic E-state index is 6.37. The van der Waals surface area contributed by atoms with Gasteiger partial charge in [-0.3, -0.25) is 4.90 Å². The number of nitrogens with two attached hydrogens (primary N) is 1. The third kappa shape index (κ3) is 2.33. The summed E-state index contributed by atoms with van der Waals surface area (Å²) in [6, 6.07) is 0.610. The molecule has 2 heterocycles. The van der Waals surface area contributed by atoms with Gasteiger partial charge in [0.05, 0.1) is 12.7 Å². The predicted octanol–water partition coefficient (Wildman–Crippen LogP) is 2.49. The van der Waals surface area contributed by atoms with Gasteiger partial charge in [0, 0.05) is 30.4 Å². The lowest BCUT2D eigenvalue weighted by Gasteiger charge is -2.60. The van der Waals surface area contributed by atoms with E-state index in [9.17, 15) is 0 Å². The zero-order valence-corrected chi connectivity index (χ0v) is 13.9. The van der Waals surface area contributed by atoms with E-state index in [4.69, 9.17) is 10.5 Å². The highest BCUT2D eigenvalue weighted by Gasteiger charge is 2.53. The first-order chi connectivity index (χ1) is 9.61. The van der Waals surface area contributed by atoms with Gasteiger partial charge in [-0.25, -0.2) is 0 Å². The topological polar surface area (TPSA) is 38.5 Å². The van der Waals surface area contributed by atoms with Crippen molar-refractivity contribution in [3.63, 3.8) is 0 Å². The quantitative estimate of drug-likeness (QED) is 0.850. The van der Waals surface area contributed by atoms with Gasteiger partial charge in [-0.05, 0) is 30.4 Å². The number of ether oxygens (including phenoxy) is 1. The summed E-state index contributed by atoms with van der Waals surface area (Å²) in [6.45, 7) is 7.63. The summed E-state index contributed by atoms with van der Waals surface area (Å²) in [5, 5.41) is 0. The Kier molecular flexibility index (Phi) is 4.38. The monoisotopic (exact) mass is 298 g/mol. The average molecular weight is 298 g/mol. The summed E-state index contributed by atoms with van der Waals surface area (Å²) < 4.78 is 6.07. The molecule has 0 aromatic carbocycles. The van der Waals surface area contributed by atoms with Crippen LogP contribution in [0.25, 0.3) is 0 Å². The van der Waals surface area contributed by atoms with Crippen molar-refractivity contribution in [2.75, 3.05) is 31.2 Å². The molecule has 1 saturated carbocycles. The van der Waals surface area contributed by atoms with Crippen molar-refractivity contribution in [3.8, 4) is 0 Å². The smallest absolute Gasteiger partial charge is 0.0731 e. The van der Waals surface area contributed by atoms with E-state index in [0.717, 1.165) is 19.7 Å². The molecule has 20 heavy (non-hydrogen) atoms. The highest BCUT2D eigenvalue weighted by Crippen LogP contribution is 2.48. The van der Waals surface area contributed by atoms with Crippen molar-refractivity contribution in [1.82, 2.24) is 4.90 Å². The molecule has 3 fully saturated rings. The average Bonchev–Trinajstić information content (AvgIpc) is 2.47. The van der Waals surface area contributed by atoms with E-state index in [1.54, 1.807) is 0 Å². The fourth-order valence-electron chi connectivity index (χ4n) is 4.55. The predicted molar refractivity (Wildman–Crippen MR) is 86.2 cm³/mol. The Bertz CT molecular complexity index is 347. The van der Waals surface area contributed by atoms with Gasteiger partial charge in [0.25, 0.3) is 0 Å². The molecule has 0 spiro atoms. The van der Waals surface area contributed by atoms with Crippen molar-refractivity contribution in [3.05, 3.63) is 0 Å². The highest BCUT2D eigenvalue weighted by molar-refractivity contribution is 7.99. The van der Waals surface area contributed by atoms with Crippen LogP contribution in [-0.2, 0) is 4.74 Å². The Balaban J connectivity index is 1.90. The summed E-state index contributed by atoms with van der Waals surface area (Å²) in [7, 11) is 0. The van der Waals surface area contributed by atoms with Crippen LogP contribution in [0.5, 0.6) is 0 Å². The van der Waals surface area contributed by atoms with Gasteiger partial charge in [0.1, 0.15) is 0 Å². The van der Waals surface area contributed by atoms with Gasteiger partial charge in [-0.2, -0.15) is 11.8 Å². The van der Waals surface area contributed by atoms with Crippen LogP contribution in [0, 0.1) is 5.41 Å². The van der Waals surface area contributed by atoms with Crippen LogP contribution in [0.15, 0.2) is 0 Å². The van der Waals surface area contributed by atoms with Gasteiger partial charge in [0.15, 0.2) is 0 Å². The second-order valence-corrected chi connectivity index (χ2v) is 8.48. The van der Waals surface area contributed by atoms with E-state index in [1.807, 2.05) is 0 Å². The zero-order valence-electron chi connectivity index (χ0n) is 13.1. The number of hydrogen-bond acceptors (Lipinski definition) is 4. The van der Waals surface area contributed by atoms with E-state index in [1.165, 1.54) is 43.6 Å². The third-order valence-corrected chi connectivity index (χ3v) is 7.27. The van der Waals surface area contributed by atoms with Crippen LogP contribution in [0.1, 0.15) is 46.0 Å². The van der Waals surface area contributed by atoms with Crippen LogP contribution in [0.4, 0.5) is 0 Å². The van der Waals surface area contributed by atoms with Crippen LogP contribution in [-0.4, -0.2) is 53.8 Å². The molecule has 3 rings (SSSR count). The first-order valence-electron chi connectivity index (χ1n) is 8.27. The molecule has 4 heteroatoms. The molecule has 3 unspecified atom stereocenters. The molecular weight excluding hydrogens is 268 g/mol. The van der Waals surface area contributed by atoms with E-state index < -0.39 is 0 Å². The highest BCUT2D eigenvalue weighted by atomic mass is 32.2. The Morgan fingerprint density at radius 2 is 2.10 bits per heavy atom. The largest absolute Gasteiger partial charge is 0.375 e. The lowest BCUT2D eigenvalue weighted by atomic mass is 9.68. The second-order valence-electron chi connectivity index (χ2n) is 7.38. The molecule has 0 aromatic heterocycles. The fraction of sp³-hybridized carbons (Fsp3) is 1.00. The van der Waals surface area contributed by atoms with Gasteiger partial charge < -0.3 is 10.5 Å². The minimum atomic E-state index is 0.167. The summed E-state index contributed by atoms with van der Waals surface area (Å²) in [6.07, 6.45) is 6.98. The van der Waals surface area contributed by atoms with E-state index in [-0.39, 0.29) is 5.54 Å². The first kappa shape index (κ1) is 15.1. The van der Waals surface area contributed by atoms with Crippen LogP contribution in [0.2, 0.25) is 0 Å². The lowest BCUT2D eigenvalue weighted by molar-refractivity contribution is -0.145. The number of thioether (sulfide) groups is 1. The molecular formula is C16H30N2OS. The van der Waals surface area contributed by atoms with Crippen LogP contribution < -0.4 is 5.73 Å². The molecule has 2 N–H and O–H groups in total. The number of nitrogens with zero attached hydrogens (tertiary/aromatic N) is 1. The molecule has 0 bridgehead atoms. The molecule has 0 radical (unpaired) electrons. The Labute approximate surface area is 128 Å². The molecule has 2 aliphatic heterocycles. The van der Waals surface area contributed by atoms with Crippen molar-refractivity contribution in [2.24, 2.45) is 11.1 Å². The van der Waals surface area contributed by atoms with Crippen LogP contribution >= 0.6 is 11.8 Å². The summed E-state index contributed by atoms with van der Waals surface area (Å²) >= 11 is 2.10. The van der Waals surface area contributed by atoms with Crippen molar-refractivity contribution >= 4 is 11.8 Å². The zero-order chi connectivity index (χ0) is 14.2. The normalized spacial score (nSPS) is 42.1. The van der Waals surface area contributed by atoms with Crippen molar-refractivity contribution < 1.29 is 4.74 Å². The maximum Gasteiger partial charge on any atom is 0.0731 e. The minimum absolute atomic E-state index is 0.167. The standard InChI is InChI=1S/C16H30N2OS/c1-15(2)7-10-20-12-16(15,11-17)18-8-9-19-14-6-4-3-5-13(14)18/h13-14H,3-12,17H2,1-2H3. The molecule has 3 nitrogen and oxygen atoms in total. The molecule has 0 aromatic rings. The fourth-order valence-corrected chi connectivity index (χ4v) is 6.36. The van der Waals surface area contributed by atoms with Gasteiger partial charge in [-0.15, -0.1) is 0 Å². The molecule has 2 saturated heterocycles. The summed E-state index contributed by atoms with van der Waals surface area (Å²) in [5.74, 6) is 2.48. The lowest BCUT2D eigenvalue weighted by Crippen LogP contribution is -2.71. The number of hydrogen-bond donors (Lipinski definition) is 1. The van der Waals surface area contributed by atoms with Crippen LogP contribution in [0.3, 0.4) is 0 Å². The van der Waals surface area contributed by atoms with Gasteiger partial charge in [-0.1, -0.05) is 26.7 Å². The molecule has 0 amide bonds. The SMILES string of the molecule is CC1(C)CCSCC1(CN)N1CCOC2CCCCC21. The number of rotatable bonds is 2. The second kappa shape index (κ2) is 5.79. The molecule has 3 aliphatic rings. The molecule has 1 aliphatic carbocycles. The van der Waals surface area contributed by atoms with Crippen molar-refractivity contribution in [1.29, 1.82) is 0 Å². The number of morpholine rings is 1.